The first kappa shape index (κ1) is 13.8. The SMILES string of the molecule is CCNC(Cc1cc(Br)cs1)c1ccc(CC)o1. The molecule has 0 aliphatic rings. The van der Waals surface area contributed by atoms with Crippen molar-refractivity contribution in [2.75, 3.05) is 6.54 Å². The van der Waals surface area contributed by atoms with E-state index < -0.39 is 0 Å². The van der Waals surface area contributed by atoms with Crippen molar-refractivity contribution in [1.82, 2.24) is 5.32 Å². The van der Waals surface area contributed by atoms with E-state index in [1.54, 1.807) is 11.3 Å². The summed E-state index contributed by atoms with van der Waals surface area (Å²) < 4.78 is 7.02. The topological polar surface area (TPSA) is 25.2 Å². The lowest BCUT2D eigenvalue weighted by Crippen LogP contribution is -2.22. The number of thiophene rings is 1. The highest BCUT2D eigenvalue weighted by Crippen LogP contribution is 2.26. The lowest BCUT2D eigenvalue weighted by molar-refractivity contribution is 0.398. The van der Waals surface area contributed by atoms with Crippen LogP contribution in [-0.2, 0) is 12.8 Å². The molecule has 98 valence electrons. The second-order valence-corrected chi connectivity index (χ2v) is 6.11. The summed E-state index contributed by atoms with van der Waals surface area (Å²) in [5.74, 6) is 2.10. The van der Waals surface area contributed by atoms with Gasteiger partial charge in [-0.1, -0.05) is 13.8 Å². The summed E-state index contributed by atoms with van der Waals surface area (Å²) in [6, 6.07) is 6.61. The largest absolute Gasteiger partial charge is 0.464 e. The van der Waals surface area contributed by atoms with Crippen molar-refractivity contribution >= 4 is 27.3 Å². The molecule has 0 fully saturated rings. The van der Waals surface area contributed by atoms with Crippen LogP contribution in [0.25, 0.3) is 0 Å². The van der Waals surface area contributed by atoms with Crippen molar-refractivity contribution in [2.24, 2.45) is 0 Å². The highest BCUT2D eigenvalue weighted by Gasteiger charge is 2.16. The van der Waals surface area contributed by atoms with Gasteiger partial charge < -0.3 is 9.73 Å². The third kappa shape index (κ3) is 3.46. The fourth-order valence-corrected chi connectivity index (χ4v) is 3.45. The molecule has 4 heteroatoms. The molecule has 0 aliphatic carbocycles. The Labute approximate surface area is 121 Å². The van der Waals surface area contributed by atoms with Gasteiger partial charge in [-0.25, -0.2) is 0 Å². The Morgan fingerprint density at radius 2 is 2.22 bits per heavy atom. The Kier molecular flexibility index (Phi) is 5.03. The lowest BCUT2D eigenvalue weighted by atomic mass is 10.1. The van der Waals surface area contributed by atoms with Gasteiger partial charge in [0.1, 0.15) is 11.5 Å². The van der Waals surface area contributed by atoms with Crippen LogP contribution in [0.1, 0.15) is 36.3 Å². The first-order valence-corrected chi connectivity index (χ1v) is 7.95. The highest BCUT2D eigenvalue weighted by atomic mass is 79.9. The Bertz CT molecular complexity index is 491. The van der Waals surface area contributed by atoms with Gasteiger partial charge in [0.25, 0.3) is 0 Å². The number of hydrogen-bond acceptors (Lipinski definition) is 3. The monoisotopic (exact) mass is 327 g/mol. The van der Waals surface area contributed by atoms with Crippen LogP contribution in [0.5, 0.6) is 0 Å². The molecule has 0 radical (unpaired) electrons. The predicted octanol–water partition coefficient (Wildman–Crippen LogP) is 4.56. The number of hydrogen-bond donors (Lipinski definition) is 1. The number of likely N-dealkylation sites (N-methyl/N-ethyl adjacent to an activating group) is 1. The van der Waals surface area contributed by atoms with E-state index in [0.717, 1.165) is 35.4 Å². The summed E-state index contributed by atoms with van der Waals surface area (Å²) in [5, 5.41) is 5.61. The molecule has 0 saturated carbocycles. The molecule has 0 aliphatic heterocycles. The van der Waals surface area contributed by atoms with Crippen LogP contribution in [0.2, 0.25) is 0 Å². The highest BCUT2D eigenvalue weighted by molar-refractivity contribution is 9.10. The van der Waals surface area contributed by atoms with Crippen LogP contribution in [0.15, 0.2) is 32.5 Å². The van der Waals surface area contributed by atoms with Gasteiger partial charge in [-0.3, -0.25) is 0 Å². The minimum atomic E-state index is 0.265. The minimum Gasteiger partial charge on any atom is -0.464 e. The number of aryl methyl sites for hydroxylation is 1. The van der Waals surface area contributed by atoms with Gasteiger partial charge in [0.15, 0.2) is 0 Å². The average molecular weight is 328 g/mol. The molecule has 0 saturated heterocycles. The molecule has 2 rings (SSSR count). The van der Waals surface area contributed by atoms with E-state index in [9.17, 15) is 0 Å². The van der Waals surface area contributed by atoms with Gasteiger partial charge >= 0.3 is 0 Å². The maximum atomic E-state index is 5.86. The molecule has 1 unspecified atom stereocenters. The number of nitrogens with one attached hydrogen (secondary N) is 1. The lowest BCUT2D eigenvalue weighted by Gasteiger charge is -2.14. The molecular formula is C14H18BrNOS. The second kappa shape index (κ2) is 6.55. The van der Waals surface area contributed by atoms with Crippen LogP contribution in [-0.4, -0.2) is 6.54 Å². The van der Waals surface area contributed by atoms with E-state index in [2.05, 4.69) is 58.7 Å². The molecule has 18 heavy (non-hydrogen) atoms. The van der Waals surface area contributed by atoms with Crippen molar-refractivity contribution in [1.29, 1.82) is 0 Å². The minimum absolute atomic E-state index is 0.265. The molecule has 0 amide bonds. The van der Waals surface area contributed by atoms with Gasteiger partial charge in [0.2, 0.25) is 0 Å². The van der Waals surface area contributed by atoms with E-state index >= 15 is 0 Å². The van der Waals surface area contributed by atoms with Crippen LogP contribution in [0.3, 0.4) is 0 Å². The zero-order valence-corrected chi connectivity index (χ0v) is 13.1. The fourth-order valence-electron chi connectivity index (χ4n) is 1.95. The maximum Gasteiger partial charge on any atom is 0.121 e. The normalized spacial score (nSPS) is 12.8. The Balaban J connectivity index is 2.12. The molecule has 0 aromatic carbocycles. The maximum absolute atomic E-state index is 5.86. The van der Waals surface area contributed by atoms with E-state index in [1.165, 1.54) is 4.88 Å². The quantitative estimate of drug-likeness (QED) is 0.841. The Morgan fingerprint density at radius 1 is 1.39 bits per heavy atom. The summed E-state index contributed by atoms with van der Waals surface area (Å²) in [5.41, 5.74) is 0. The zero-order chi connectivity index (χ0) is 13.0. The summed E-state index contributed by atoms with van der Waals surface area (Å²) >= 11 is 5.28. The molecular weight excluding hydrogens is 310 g/mol. The smallest absolute Gasteiger partial charge is 0.121 e. The van der Waals surface area contributed by atoms with E-state index in [-0.39, 0.29) is 6.04 Å². The van der Waals surface area contributed by atoms with Crippen molar-refractivity contribution in [3.63, 3.8) is 0 Å². The molecule has 0 spiro atoms. The summed E-state index contributed by atoms with van der Waals surface area (Å²) in [4.78, 5) is 1.36. The van der Waals surface area contributed by atoms with Crippen LogP contribution in [0.4, 0.5) is 0 Å². The first-order chi connectivity index (χ1) is 8.72. The van der Waals surface area contributed by atoms with Gasteiger partial charge in [-0.2, -0.15) is 0 Å². The van der Waals surface area contributed by atoms with Gasteiger partial charge in [-0.15, -0.1) is 11.3 Å². The molecule has 1 N–H and O–H groups in total. The van der Waals surface area contributed by atoms with Gasteiger partial charge in [0, 0.05) is 27.6 Å². The summed E-state index contributed by atoms with van der Waals surface area (Å²) in [6.07, 6.45) is 1.92. The van der Waals surface area contributed by atoms with E-state index in [4.69, 9.17) is 4.42 Å². The molecule has 2 aromatic rings. The number of rotatable bonds is 6. The van der Waals surface area contributed by atoms with Crippen molar-refractivity contribution in [3.05, 3.63) is 44.4 Å². The van der Waals surface area contributed by atoms with Gasteiger partial charge in [0.05, 0.1) is 6.04 Å². The average Bonchev–Trinajstić information content (AvgIpc) is 2.97. The zero-order valence-electron chi connectivity index (χ0n) is 10.7. The number of furan rings is 1. The third-order valence-electron chi connectivity index (χ3n) is 2.85. The fraction of sp³-hybridized carbons (Fsp3) is 0.429. The predicted molar refractivity (Wildman–Crippen MR) is 80.2 cm³/mol. The van der Waals surface area contributed by atoms with Crippen LogP contribution >= 0.6 is 27.3 Å². The Morgan fingerprint density at radius 3 is 2.78 bits per heavy atom. The molecule has 2 nitrogen and oxygen atoms in total. The first-order valence-electron chi connectivity index (χ1n) is 6.27. The van der Waals surface area contributed by atoms with Crippen LogP contribution in [0, 0.1) is 0 Å². The van der Waals surface area contributed by atoms with E-state index in [1.807, 2.05) is 0 Å². The molecule has 2 aromatic heterocycles. The van der Waals surface area contributed by atoms with Crippen molar-refractivity contribution < 1.29 is 4.42 Å². The van der Waals surface area contributed by atoms with Crippen molar-refractivity contribution in [3.8, 4) is 0 Å². The number of halogens is 1. The summed E-state index contributed by atoms with van der Waals surface area (Å²) in [6.45, 7) is 5.18. The van der Waals surface area contributed by atoms with E-state index in [0.29, 0.717) is 0 Å². The molecule has 2 heterocycles. The standard InChI is InChI=1S/C14H18BrNOS/c1-3-11-5-6-14(17-11)13(16-4-2)8-12-7-10(15)9-18-12/h5-7,9,13,16H,3-4,8H2,1-2H3. The van der Waals surface area contributed by atoms with Gasteiger partial charge in [-0.05, 0) is 40.7 Å². The second-order valence-electron chi connectivity index (χ2n) is 4.20. The summed E-state index contributed by atoms with van der Waals surface area (Å²) in [7, 11) is 0. The molecule has 0 bridgehead atoms. The molecule has 1 atom stereocenters. The van der Waals surface area contributed by atoms with Crippen molar-refractivity contribution in [2.45, 2.75) is 32.7 Å². The Hall–Kier alpha value is -0.580. The van der Waals surface area contributed by atoms with Crippen LogP contribution < -0.4 is 5.32 Å². The third-order valence-corrected chi connectivity index (χ3v) is 4.57.